The van der Waals surface area contributed by atoms with Crippen LogP contribution in [0.1, 0.15) is 36.9 Å². The first-order valence-electron chi connectivity index (χ1n) is 8.24. The maximum atomic E-state index is 14.4. The highest BCUT2D eigenvalue weighted by Gasteiger charge is 2.23. The van der Waals surface area contributed by atoms with Crippen molar-refractivity contribution in [2.45, 2.75) is 32.7 Å². The number of halogens is 1. The van der Waals surface area contributed by atoms with Gasteiger partial charge in [0.25, 0.3) is 0 Å². The standard InChI is InChI=1S/C18H22FN3O2/c1-12-10-20-22(11-12)17-4-3-15(9-16(17)19)13(2)21-18(23)14-5-7-24-8-6-14/h3-4,9-11,13-14H,5-8H2,1-2H3,(H,21,23)/t13-/m0/s1. The van der Waals surface area contributed by atoms with E-state index in [0.717, 1.165) is 24.0 Å². The van der Waals surface area contributed by atoms with Crippen molar-refractivity contribution in [1.29, 1.82) is 0 Å². The van der Waals surface area contributed by atoms with Gasteiger partial charge in [0.2, 0.25) is 5.91 Å². The molecule has 1 fully saturated rings. The van der Waals surface area contributed by atoms with E-state index in [9.17, 15) is 9.18 Å². The minimum absolute atomic E-state index is 0.0120. The van der Waals surface area contributed by atoms with Crippen LogP contribution in [-0.2, 0) is 9.53 Å². The third-order valence-corrected chi connectivity index (χ3v) is 4.38. The van der Waals surface area contributed by atoms with Crippen LogP contribution in [0.3, 0.4) is 0 Å². The highest BCUT2D eigenvalue weighted by atomic mass is 19.1. The fourth-order valence-electron chi connectivity index (χ4n) is 2.90. The van der Waals surface area contributed by atoms with Gasteiger partial charge in [0.1, 0.15) is 11.5 Å². The zero-order valence-corrected chi connectivity index (χ0v) is 14.0. The summed E-state index contributed by atoms with van der Waals surface area (Å²) in [5, 5.41) is 7.10. The Bertz CT molecular complexity index is 723. The predicted molar refractivity (Wildman–Crippen MR) is 88.4 cm³/mol. The van der Waals surface area contributed by atoms with Crippen LogP contribution in [0.15, 0.2) is 30.6 Å². The molecule has 24 heavy (non-hydrogen) atoms. The summed E-state index contributed by atoms with van der Waals surface area (Å²) in [4.78, 5) is 12.3. The lowest BCUT2D eigenvalue weighted by Crippen LogP contribution is -2.35. The summed E-state index contributed by atoms with van der Waals surface area (Å²) in [5.41, 5.74) is 2.10. The van der Waals surface area contributed by atoms with E-state index < -0.39 is 0 Å². The van der Waals surface area contributed by atoms with Gasteiger partial charge >= 0.3 is 0 Å². The van der Waals surface area contributed by atoms with Crippen molar-refractivity contribution in [2.75, 3.05) is 13.2 Å². The lowest BCUT2D eigenvalue weighted by atomic mass is 9.98. The van der Waals surface area contributed by atoms with Crippen LogP contribution in [0.25, 0.3) is 5.69 Å². The first-order valence-corrected chi connectivity index (χ1v) is 8.24. The van der Waals surface area contributed by atoms with Gasteiger partial charge in [-0.3, -0.25) is 4.79 Å². The first-order chi connectivity index (χ1) is 11.5. The number of amides is 1. The lowest BCUT2D eigenvalue weighted by Gasteiger charge is -2.23. The van der Waals surface area contributed by atoms with E-state index in [2.05, 4.69) is 10.4 Å². The molecular weight excluding hydrogens is 309 g/mol. The number of ether oxygens (including phenoxy) is 1. The van der Waals surface area contributed by atoms with Crippen molar-refractivity contribution in [1.82, 2.24) is 15.1 Å². The maximum absolute atomic E-state index is 14.4. The topological polar surface area (TPSA) is 56.2 Å². The molecule has 0 radical (unpaired) electrons. The zero-order valence-electron chi connectivity index (χ0n) is 14.0. The van der Waals surface area contributed by atoms with Crippen LogP contribution in [-0.4, -0.2) is 28.9 Å². The van der Waals surface area contributed by atoms with E-state index >= 15 is 0 Å². The van der Waals surface area contributed by atoms with Gasteiger partial charge in [-0.05, 0) is 49.9 Å². The Morgan fingerprint density at radius 3 is 2.79 bits per heavy atom. The number of carbonyl (C=O) groups is 1. The molecule has 6 heteroatoms. The zero-order chi connectivity index (χ0) is 17.1. The van der Waals surface area contributed by atoms with Gasteiger partial charge < -0.3 is 10.1 Å². The molecule has 2 heterocycles. The number of rotatable bonds is 4. The van der Waals surface area contributed by atoms with E-state index in [1.807, 2.05) is 19.9 Å². The number of aromatic nitrogens is 2. The lowest BCUT2D eigenvalue weighted by molar-refractivity contribution is -0.128. The Morgan fingerprint density at radius 2 is 2.17 bits per heavy atom. The quantitative estimate of drug-likeness (QED) is 0.937. The number of hydrogen-bond acceptors (Lipinski definition) is 3. The summed E-state index contributed by atoms with van der Waals surface area (Å²) in [6.45, 7) is 5.02. The number of nitrogens with zero attached hydrogens (tertiary/aromatic N) is 2. The normalized spacial score (nSPS) is 16.8. The minimum atomic E-state index is -0.359. The smallest absolute Gasteiger partial charge is 0.223 e. The first kappa shape index (κ1) is 16.6. The monoisotopic (exact) mass is 331 g/mol. The molecule has 0 bridgehead atoms. The number of hydrogen-bond donors (Lipinski definition) is 1. The van der Waals surface area contributed by atoms with E-state index in [4.69, 9.17) is 4.74 Å². The molecule has 1 aromatic carbocycles. The highest BCUT2D eigenvalue weighted by Crippen LogP contribution is 2.21. The number of carbonyl (C=O) groups excluding carboxylic acids is 1. The van der Waals surface area contributed by atoms with Gasteiger partial charge in [-0.25, -0.2) is 9.07 Å². The van der Waals surface area contributed by atoms with Crippen molar-refractivity contribution in [2.24, 2.45) is 5.92 Å². The molecule has 1 aromatic heterocycles. The Balaban J connectivity index is 1.70. The molecule has 0 spiro atoms. The second-order valence-electron chi connectivity index (χ2n) is 6.29. The van der Waals surface area contributed by atoms with Crippen LogP contribution < -0.4 is 5.32 Å². The van der Waals surface area contributed by atoms with Gasteiger partial charge in [-0.15, -0.1) is 0 Å². The van der Waals surface area contributed by atoms with E-state index in [-0.39, 0.29) is 23.7 Å². The van der Waals surface area contributed by atoms with Gasteiger partial charge in [0, 0.05) is 25.3 Å². The third-order valence-electron chi connectivity index (χ3n) is 4.38. The fraction of sp³-hybridized carbons (Fsp3) is 0.444. The molecule has 1 atom stereocenters. The molecule has 1 aliphatic rings. The molecule has 0 saturated carbocycles. The molecule has 1 N–H and O–H groups in total. The SMILES string of the molecule is Cc1cnn(-c2ccc([C@H](C)NC(=O)C3CCOCC3)cc2F)c1. The van der Waals surface area contributed by atoms with Crippen molar-refractivity contribution in [3.63, 3.8) is 0 Å². The molecule has 1 aliphatic heterocycles. The van der Waals surface area contributed by atoms with Gasteiger partial charge in [0.05, 0.1) is 12.2 Å². The van der Waals surface area contributed by atoms with E-state index in [1.165, 1.54) is 10.7 Å². The van der Waals surface area contributed by atoms with Crippen LogP contribution >= 0.6 is 0 Å². The molecule has 0 aliphatic carbocycles. The molecule has 3 rings (SSSR count). The number of nitrogens with one attached hydrogen (secondary N) is 1. The maximum Gasteiger partial charge on any atom is 0.223 e. The molecule has 0 unspecified atom stereocenters. The fourth-order valence-corrected chi connectivity index (χ4v) is 2.90. The molecule has 128 valence electrons. The minimum Gasteiger partial charge on any atom is -0.381 e. The summed E-state index contributed by atoms with van der Waals surface area (Å²) < 4.78 is 21.2. The highest BCUT2D eigenvalue weighted by molar-refractivity contribution is 5.79. The molecule has 1 amide bonds. The van der Waals surface area contributed by atoms with Crippen molar-refractivity contribution in [3.05, 3.63) is 47.5 Å². The Morgan fingerprint density at radius 1 is 1.42 bits per heavy atom. The summed E-state index contributed by atoms with van der Waals surface area (Å²) in [6, 6.07) is 4.73. The average Bonchev–Trinajstić information content (AvgIpc) is 3.01. The Kier molecular flexibility index (Phi) is 4.94. The van der Waals surface area contributed by atoms with Crippen LogP contribution in [0, 0.1) is 18.7 Å². The largest absolute Gasteiger partial charge is 0.381 e. The summed E-state index contributed by atoms with van der Waals surface area (Å²) in [7, 11) is 0. The third kappa shape index (κ3) is 3.64. The summed E-state index contributed by atoms with van der Waals surface area (Å²) in [5.74, 6) is -0.363. The van der Waals surface area contributed by atoms with Crippen molar-refractivity contribution in [3.8, 4) is 5.69 Å². The van der Waals surface area contributed by atoms with E-state index in [0.29, 0.717) is 18.9 Å². The molecule has 5 nitrogen and oxygen atoms in total. The predicted octanol–water partition coefficient (Wildman–Crippen LogP) is 2.92. The summed E-state index contributed by atoms with van der Waals surface area (Å²) >= 11 is 0. The Labute approximate surface area is 140 Å². The molecule has 1 saturated heterocycles. The second-order valence-corrected chi connectivity index (χ2v) is 6.29. The van der Waals surface area contributed by atoms with Gasteiger partial charge in [-0.2, -0.15) is 5.10 Å². The summed E-state index contributed by atoms with van der Waals surface area (Å²) in [6.07, 6.45) is 4.94. The number of benzene rings is 1. The molecular formula is C18H22FN3O2. The molecule has 2 aromatic rings. The average molecular weight is 331 g/mol. The van der Waals surface area contributed by atoms with Crippen LogP contribution in [0.2, 0.25) is 0 Å². The van der Waals surface area contributed by atoms with Crippen molar-refractivity contribution < 1.29 is 13.9 Å². The van der Waals surface area contributed by atoms with E-state index in [1.54, 1.807) is 18.5 Å². The Hall–Kier alpha value is -2.21. The van der Waals surface area contributed by atoms with Crippen molar-refractivity contribution >= 4 is 5.91 Å². The van der Waals surface area contributed by atoms with Crippen LogP contribution in [0.4, 0.5) is 4.39 Å². The second kappa shape index (κ2) is 7.13. The van der Waals surface area contributed by atoms with Gasteiger partial charge in [0.15, 0.2) is 0 Å². The number of aryl methyl sites for hydroxylation is 1. The van der Waals surface area contributed by atoms with Crippen LogP contribution in [0.5, 0.6) is 0 Å². The van der Waals surface area contributed by atoms with Gasteiger partial charge in [-0.1, -0.05) is 6.07 Å².